The average Bonchev–Trinajstić information content (AvgIpc) is 3.10. The summed E-state index contributed by atoms with van der Waals surface area (Å²) in [5.41, 5.74) is 1.40. The molecular formula is C22H20N2O5S2. The molecule has 31 heavy (non-hydrogen) atoms. The first-order valence-corrected chi connectivity index (χ1v) is 11.9. The number of sulfone groups is 1. The van der Waals surface area contributed by atoms with Gasteiger partial charge >= 0.3 is 5.97 Å². The van der Waals surface area contributed by atoms with Crippen molar-refractivity contribution in [3.05, 3.63) is 58.4 Å². The van der Waals surface area contributed by atoms with Crippen LogP contribution >= 0.6 is 11.3 Å². The molecule has 1 aromatic heterocycles. The number of amides is 1. The van der Waals surface area contributed by atoms with Gasteiger partial charge in [-0.3, -0.25) is 4.79 Å². The van der Waals surface area contributed by atoms with E-state index in [1.54, 1.807) is 36.6 Å². The molecule has 0 N–H and O–H groups in total. The van der Waals surface area contributed by atoms with Crippen LogP contribution in [0.2, 0.25) is 0 Å². The number of aromatic nitrogens is 1. The van der Waals surface area contributed by atoms with E-state index < -0.39 is 21.7 Å². The van der Waals surface area contributed by atoms with Crippen molar-refractivity contribution in [2.75, 3.05) is 12.4 Å². The number of hydrogen-bond acceptors (Lipinski definition) is 6. The fraction of sp³-hybridized carbons (Fsp3) is 0.227. The normalized spacial score (nSPS) is 12.0. The molecule has 3 rings (SSSR count). The second-order valence-electron chi connectivity index (χ2n) is 6.42. The van der Waals surface area contributed by atoms with Crippen LogP contribution in [0.3, 0.4) is 0 Å². The summed E-state index contributed by atoms with van der Waals surface area (Å²) >= 11 is 1.22. The molecule has 3 aromatic rings. The van der Waals surface area contributed by atoms with Gasteiger partial charge in [0.25, 0.3) is 5.91 Å². The topological polar surface area (TPSA) is 94.8 Å². The van der Waals surface area contributed by atoms with Crippen LogP contribution in [0.15, 0.2) is 52.4 Å². The standard InChI is InChI=1S/C22H20N2O5S2/c1-4-13-24-18-12-9-16(21(26)29-5-2)14-19(18)30-22(24)23-20(25)15-7-10-17(11-8-15)31(27,28)6-3/h1,7-12,14H,5-6,13H2,2-3H3. The molecule has 1 amide bonds. The van der Waals surface area contributed by atoms with E-state index in [0.29, 0.717) is 10.4 Å². The van der Waals surface area contributed by atoms with Crippen LogP contribution in [0.4, 0.5) is 0 Å². The van der Waals surface area contributed by atoms with Crippen LogP contribution in [0.5, 0.6) is 0 Å². The van der Waals surface area contributed by atoms with Gasteiger partial charge in [-0.1, -0.05) is 24.2 Å². The Bertz CT molecular complexity index is 1360. The van der Waals surface area contributed by atoms with Gasteiger partial charge in [-0.05, 0) is 49.4 Å². The van der Waals surface area contributed by atoms with E-state index in [0.717, 1.165) is 10.2 Å². The van der Waals surface area contributed by atoms with Gasteiger partial charge in [0.2, 0.25) is 0 Å². The number of benzene rings is 2. The molecule has 0 aliphatic carbocycles. The van der Waals surface area contributed by atoms with Crippen LogP contribution in [-0.4, -0.2) is 37.2 Å². The van der Waals surface area contributed by atoms with Gasteiger partial charge in [0.1, 0.15) is 0 Å². The molecule has 0 atom stereocenters. The maximum Gasteiger partial charge on any atom is 0.338 e. The predicted octanol–water partition coefficient (Wildman–Crippen LogP) is 3.05. The Kier molecular flexibility index (Phi) is 6.73. The second kappa shape index (κ2) is 9.29. The van der Waals surface area contributed by atoms with E-state index in [2.05, 4.69) is 10.9 Å². The molecule has 0 saturated carbocycles. The quantitative estimate of drug-likeness (QED) is 0.420. The monoisotopic (exact) mass is 456 g/mol. The van der Waals surface area contributed by atoms with Crippen molar-refractivity contribution in [1.29, 1.82) is 0 Å². The van der Waals surface area contributed by atoms with Crippen molar-refractivity contribution in [1.82, 2.24) is 4.57 Å². The largest absolute Gasteiger partial charge is 0.462 e. The molecule has 0 aliphatic heterocycles. The van der Waals surface area contributed by atoms with Gasteiger partial charge in [0.15, 0.2) is 14.6 Å². The molecule has 7 nitrogen and oxygen atoms in total. The van der Waals surface area contributed by atoms with Gasteiger partial charge in [-0.15, -0.1) is 6.42 Å². The maximum atomic E-state index is 12.7. The zero-order valence-corrected chi connectivity index (χ0v) is 18.6. The van der Waals surface area contributed by atoms with Crippen molar-refractivity contribution >= 4 is 43.3 Å². The van der Waals surface area contributed by atoms with Gasteiger partial charge in [-0.25, -0.2) is 13.2 Å². The highest BCUT2D eigenvalue weighted by Crippen LogP contribution is 2.20. The number of esters is 1. The van der Waals surface area contributed by atoms with E-state index in [9.17, 15) is 18.0 Å². The lowest BCUT2D eigenvalue weighted by Crippen LogP contribution is -2.16. The van der Waals surface area contributed by atoms with Crippen LogP contribution < -0.4 is 4.80 Å². The van der Waals surface area contributed by atoms with Gasteiger partial charge < -0.3 is 9.30 Å². The molecule has 9 heteroatoms. The smallest absolute Gasteiger partial charge is 0.338 e. The zero-order chi connectivity index (χ0) is 22.6. The molecule has 2 aromatic carbocycles. The summed E-state index contributed by atoms with van der Waals surface area (Å²) in [5.74, 6) is 1.57. The average molecular weight is 457 g/mol. The maximum absolute atomic E-state index is 12.7. The summed E-state index contributed by atoms with van der Waals surface area (Å²) in [6.45, 7) is 3.75. The fourth-order valence-corrected chi connectivity index (χ4v) is 4.82. The van der Waals surface area contributed by atoms with E-state index in [1.807, 2.05) is 0 Å². The molecule has 0 radical (unpaired) electrons. The summed E-state index contributed by atoms with van der Waals surface area (Å²) in [5, 5.41) is 0. The molecule has 0 saturated heterocycles. The molecule has 1 heterocycles. The minimum absolute atomic E-state index is 0.0215. The number of terminal acetylenes is 1. The molecule has 0 aliphatic rings. The minimum atomic E-state index is -3.35. The third-order valence-electron chi connectivity index (χ3n) is 4.48. The molecule has 0 unspecified atom stereocenters. The van der Waals surface area contributed by atoms with E-state index in [4.69, 9.17) is 11.2 Å². The Morgan fingerprint density at radius 1 is 1.13 bits per heavy atom. The summed E-state index contributed by atoms with van der Waals surface area (Å²) < 4.78 is 31.4. The van der Waals surface area contributed by atoms with Crippen molar-refractivity contribution in [2.45, 2.75) is 25.3 Å². The Hall–Kier alpha value is -3.22. The van der Waals surface area contributed by atoms with Gasteiger partial charge in [0.05, 0.1) is 39.6 Å². The summed E-state index contributed by atoms with van der Waals surface area (Å²) in [7, 11) is -3.35. The Morgan fingerprint density at radius 2 is 1.81 bits per heavy atom. The highest BCUT2D eigenvalue weighted by molar-refractivity contribution is 7.91. The number of hydrogen-bond donors (Lipinski definition) is 0. The summed E-state index contributed by atoms with van der Waals surface area (Å²) in [4.78, 5) is 29.4. The van der Waals surface area contributed by atoms with E-state index in [1.165, 1.54) is 35.6 Å². The third kappa shape index (κ3) is 4.76. The lowest BCUT2D eigenvalue weighted by Gasteiger charge is -2.03. The Morgan fingerprint density at radius 3 is 2.42 bits per heavy atom. The first-order valence-electron chi connectivity index (χ1n) is 9.46. The van der Waals surface area contributed by atoms with Crippen LogP contribution in [0.1, 0.15) is 34.6 Å². The van der Waals surface area contributed by atoms with Crippen LogP contribution in [0, 0.1) is 12.3 Å². The first kappa shape index (κ1) is 22.5. The van der Waals surface area contributed by atoms with Crippen molar-refractivity contribution in [3.8, 4) is 12.3 Å². The number of rotatable bonds is 6. The molecular weight excluding hydrogens is 436 g/mol. The molecule has 0 spiro atoms. The highest BCUT2D eigenvalue weighted by Gasteiger charge is 2.14. The Labute approximate surface area is 183 Å². The number of ether oxygens (including phenoxy) is 1. The number of carbonyl (C=O) groups excluding carboxylic acids is 2. The van der Waals surface area contributed by atoms with Gasteiger partial charge in [0, 0.05) is 5.56 Å². The SMILES string of the molecule is C#CCn1c(=NC(=O)c2ccc(S(=O)(=O)CC)cc2)sc2cc(C(=O)OCC)ccc21. The zero-order valence-electron chi connectivity index (χ0n) is 17.0. The highest BCUT2D eigenvalue weighted by atomic mass is 32.2. The lowest BCUT2D eigenvalue weighted by atomic mass is 10.2. The second-order valence-corrected chi connectivity index (χ2v) is 9.71. The first-order chi connectivity index (χ1) is 14.8. The fourth-order valence-electron chi connectivity index (χ4n) is 2.87. The molecule has 0 fully saturated rings. The predicted molar refractivity (Wildman–Crippen MR) is 119 cm³/mol. The molecule has 0 bridgehead atoms. The third-order valence-corrected chi connectivity index (χ3v) is 7.27. The lowest BCUT2D eigenvalue weighted by molar-refractivity contribution is 0.0526. The number of carbonyl (C=O) groups is 2. The van der Waals surface area contributed by atoms with E-state index >= 15 is 0 Å². The number of thiazole rings is 1. The molecule has 160 valence electrons. The van der Waals surface area contributed by atoms with Crippen molar-refractivity contribution < 1.29 is 22.7 Å². The minimum Gasteiger partial charge on any atom is -0.462 e. The van der Waals surface area contributed by atoms with E-state index in [-0.39, 0.29) is 29.4 Å². The van der Waals surface area contributed by atoms with Crippen LogP contribution in [0.25, 0.3) is 10.2 Å². The number of nitrogens with zero attached hydrogens (tertiary/aromatic N) is 2. The summed E-state index contributed by atoms with van der Waals surface area (Å²) in [6, 6.07) is 10.7. The van der Waals surface area contributed by atoms with Crippen LogP contribution in [-0.2, 0) is 21.1 Å². The number of fused-ring (bicyclic) bond motifs is 1. The Balaban J connectivity index is 2.04. The van der Waals surface area contributed by atoms with Crippen molar-refractivity contribution in [3.63, 3.8) is 0 Å². The van der Waals surface area contributed by atoms with Crippen molar-refractivity contribution in [2.24, 2.45) is 4.99 Å². The summed E-state index contributed by atoms with van der Waals surface area (Å²) in [6.07, 6.45) is 5.49. The van der Waals surface area contributed by atoms with Gasteiger partial charge in [-0.2, -0.15) is 4.99 Å².